The van der Waals surface area contributed by atoms with Gasteiger partial charge in [0.2, 0.25) is 0 Å². The number of methoxy groups -OCH3 is 1. The summed E-state index contributed by atoms with van der Waals surface area (Å²) in [4.78, 5) is 14.0. The average molecular weight is 284 g/mol. The number of para-hydroxylation sites is 2. The maximum Gasteiger partial charge on any atom is 0.257 e. The van der Waals surface area contributed by atoms with Crippen LogP contribution >= 0.6 is 0 Å². The molecule has 1 aliphatic heterocycles. The largest absolute Gasteiger partial charge is 0.504 e. The van der Waals surface area contributed by atoms with Crippen LogP contribution in [0.5, 0.6) is 11.5 Å². The molecule has 0 fully saturated rings. The Labute approximate surface area is 122 Å². The van der Waals surface area contributed by atoms with Crippen LogP contribution < -0.4 is 10.1 Å². The summed E-state index contributed by atoms with van der Waals surface area (Å²) < 4.78 is 5.13. The fraction of sp³-hybridized carbons (Fsp3) is 0.188. The maximum atomic E-state index is 12.4. The van der Waals surface area contributed by atoms with Gasteiger partial charge in [-0.3, -0.25) is 4.79 Å². The van der Waals surface area contributed by atoms with Gasteiger partial charge >= 0.3 is 0 Å². The molecule has 1 amide bonds. The zero-order valence-corrected chi connectivity index (χ0v) is 11.8. The summed E-state index contributed by atoms with van der Waals surface area (Å²) in [6, 6.07) is 12.6. The summed E-state index contributed by atoms with van der Waals surface area (Å²) in [6.07, 6.45) is -0.442. The van der Waals surface area contributed by atoms with E-state index in [1.54, 1.807) is 36.2 Å². The molecule has 0 aromatic heterocycles. The molecule has 0 spiro atoms. The van der Waals surface area contributed by atoms with Gasteiger partial charge in [0, 0.05) is 18.3 Å². The van der Waals surface area contributed by atoms with Gasteiger partial charge in [0.05, 0.1) is 12.7 Å². The van der Waals surface area contributed by atoms with Crippen LogP contribution in [0.15, 0.2) is 42.5 Å². The third-order valence-electron chi connectivity index (χ3n) is 3.70. The van der Waals surface area contributed by atoms with E-state index in [0.717, 1.165) is 5.69 Å². The lowest BCUT2D eigenvalue weighted by Crippen LogP contribution is -2.40. The number of carbonyl (C=O) groups is 1. The van der Waals surface area contributed by atoms with Crippen LogP contribution in [0.1, 0.15) is 22.1 Å². The Bertz CT molecular complexity index is 700. The number of nitrogens with one attached hydrogen (secondary N) is 1. The maximum absolute atomic E-state index is 12.4. The van der Waals surface area contributed by atoms with Crippen LogP contribution in [-0.2, 0) is 0 Å². The monoisotopic (exact) mass is 284 g/mol. The van der Waals surface area contributed by atoms with Crippen LogP contribution in [0.2, 0.25) is 0 Å². The van der Waals surface area contributed by atoms with Gasteiger partial charge in [0.25, 0.3) is 5.91 Å². The van der Waals surface area contributed by atoms with Crippen LogP contribution in [0, 0.1) is 0 Å². The van der Waals surface area contributed by atoms with Crippen molar-refractivity contribution in [2.45, 2.75) is 6.17 Å². The first kappa shape index (κ1) is 13.3. The van der Waals surface area contributed by atoms with Gasteiger partial charge in [0.1, 0.15) is 6.17 Å². The van der Waals surface area contributed by atoms with E-state index in [-0.39, 0.29) is 11.7 Å². The Hall–Kier alpha value is -2.69. The van der Waals surface area contributed by atoms with E-state index in [0.29, 0.717) is 16.9 Å². The number of phenols is 1. The number of ether oxygens (including phenoxy) is 1. The number of anilines is 1. The average Bonchev–Trinajstić information content (AvgIpc) is 2.51. The lowest BCUT2D eigenvalue weighted by molar-refractivity contribution is 0.0734. The van der Waals surface area contributed by atoms with E-state index >= 15 is 0 Å². The van der Waals surface area contributed by atoms with E-state index in [2.05, 4.69) is 5.32 Å². The Morgan fingerprint density at radius 2 is 1.95 bits per heavy atom. The molecule has 0 unspecified atom stereocenters. The fourth-order valence-electron chi connectivity index (χ4n) is 2.56. The molecule has 21 heavy (non-hydrogen) atoms. The van der Waals surface area contributed by atoms with Crippen molar-refractivity contribution in [3.8, 4) is 11.5 Å². The Morgan fingerprint density at radius 1 is 1.19 bits per heavy atom. The lowest BCUT2D eigenvalue weighted by atomic mass is 10.0. The van der Waals surface area contributed by atoms with Gasteiger partial charge in [-0.1, -0.05) is 24.3 Å². The highest BCUT2D eigenvalue weighted by Crippen LogP contribution is 2.39. The zero-order valence-electron chi connectivity index (χ0n) is 11.8. The van der Waals surface area contributed by atoms with Crippen molar-refractivity contribution in [1.82, 2.24) is 4.90 Å². The van der Waals surface area contributed by atoms with Crippen LogP contribution in [-0.4, -0.2) is 30.1 Å². The molecule has 1 atom stereocenters. The molecule has 3 rings (SSSR count). The minimum atomic E-state index is -0.442. The van der Waals surface area contributed by atoms with E-state index in [4.69, 9.17) is 4.74 Å². The number of phenolic OH excluding ortho intramolecular Hbond substituents is 1. The normalized spacial score (nSPS) is 17.1. The van der Waals surface area contributed by atoms with E-state index < -0.39 is 6.17 Å². The third-order valence-corrected chi connectivity index (χ3v) is 3.70. The molecular weight excluding hydrogens is 268 g/mol. The van der Waals surface area contributed by atoms with Crippen molar-refractivity contribution in [3.63, 3.8) is 0 Å². The second kappa shape index (κ2) is 5.01. The van der Waals surface area contributed by atoms with Crippen molar-refractivity contribution in [3.05, 3.63) is 53.6 Å². The van der Waals surface area contributed by atoms with Gasteiger partial charge in [-0.25, -0.2) is 0 Å². The van der Waals surface area contributed by atoms with Gasteiger partial charge < -0.3 is 20.1 Å². The topological polar surface area (TPSA) is 61.8 Å². The first-order valence-corrected chi connectivity index (χ1v) is 6.62. The summed E-state index contributed by atoms with van der Waals surface area (Å²) in [5.41, 5.74) is 1.98. The summed E-state index contributed by atoms with van der Waals surface area (Å²) in [5.74, 6) is 0.335. The number of amides is 1. The zero-order chi connectivity index (χ0) is 15.0. The second-order valence-electron chi connectivity index (χ2n) is 4.91. The van der Waals surface area contributed by atoms with Gasteiger partial charge in [0.15, 0.2) is 11.5 Å². The number of fused-ring (bicyclic) bond motifs is 1. The Kier molecular flexibility index (Phi) is 3.17. The number of carbonyl (C=O) groups excluding carboxylic acids is 1. The SMILES string of the molecule is COc1cccc([C@H]2Nc3ccccc3C(=O)N2C)c1O. The smallest absolute Gasteiger partial charge is 0.257 e. The van der Waals surface area contributed by atoms with Gasteiger partial charge in [-0.15, -0.1) is 0 Å². The van der Waals surface area contributed by atoms with Gasteiger partial charge in [-0.2, -0.15) is 0 Å². The van der Waals surface area contributed by atoms with E-state index in [1.165, 1.54) is 7.11 Å². The molecule has 0 saturated carbocycles. The first-order valence-electron chi connectivity index (χ1n) is 6.62. The molecule has 1 aliphatic rings. The first-order chi connectivity index (χ1) is 10.1. The molecule has 1 heterocycles. The second-order valence-corrected chi connectivity index (χ2v) is 4.91. The highest BCUT2D eigenvalue weighted by Gasteiger charge is 2.31. The van der Waals surface area contributed by atoms with Crippen molar-refractivity contribution in [2.75, 3.05) is 19.5 Å². The summed E-state index contributed by atoms with van der Waals surface area (Å²) in [5, 5.41) is 13.6. The predicted molar refractivity (Wildman–Crippen MR) is 79.6 cm³/mol. The number of benzene rings is 2. The van der Waals surface area contributed by atoms with Crippen molar-refractivity contribution in [2.24, 2.45) is 0 Å². The molecule has 2 aromatic rings. The molecule has 5 heteroatoms. The number of hydrogen-bond donors (Lipinski definition) is 2. The Balaban J connectivity index is 2.07. The summed E-state index contributed by atoms with van der Waals surface area (Å²) in [7, 11) is 3.20. The fourth-order valence-corrected chi connectivity index (χ4v) is 2.56. The van der Waals surface area contributed by atoms with E-state index in [9.17, 15) is 9.90 Å². The number of nitrogens with zero attached hydrogens (tertiary/aromatic N) is 1. The number of aromatic hydroxyl groups is 1. The quantitative estimate of drug-likeness (QED) is 0.890. The molecule has 108 valence electrons. The number of rotatable bonds is 2. The predicted octanol–water partition coefficient (Wildman–Crippen LogP) is 2.60. The van der Waals surface area contributed by atoms with Crippen LogP contribution in [0.25, 0.3) is 0 Å². The van der Waals surface area contributed by atoms with Crippen LogP contribution in [0.4, 0.5) is 5.69 Å². The summed E-state index contributed by atoms with van der Waals surface area (Å²) in [6.45, 7) is 0. The molecule has 0 bridgehead atoms. The van der Waals surface area contributed by atoms with Crippen LogP contribution in [0.3, 0.4) is 0 Å². The highest BCUT2D eigenvalue weighted by molar-refractivity contribution is 6.01. The van der Waals surface area contributed by atoms with Gasteiger partial charge in [-0.05, 0) is 18.2 Å². The Morgan fingerprint density at radius 3 is 2.71 bits per heavy atom. The third kappa shape index (κ3) is 2.07. The summed E-state index contributed by atoms with van der Waals surface area (Å²) >= 11 is 0. The molecule has 2 aromatic carbocycles. The molecule has 5 nitrogen and oxygen atoms in total. The van der Waals surface area contributed by atoms with Crippen molar-refractivity contribution >= 4 is 11.6 Å². The molecule has 0 aliphatic carbocycles. The molecular formula is C16H16N2O3. The van der Waals surface area contributed by atoms with E-state index in [1.807, 2.05) is 18.2 Å². The molecule has 2 N–H and O–H groups in total. The highest BCUT2D eigenvalue weighted by atomic mass is 16.5. The van der Waals surface area contributed by atoms with Crippen molar-refractivity contribution < 1.29 is 14.6 Å². The molecule has 0 saturated heterocycles. The minimum Gasteiger partial charge on any atom is -0.504 e. The lowest BCUT2D eigenvalue weighted by Gasteiger charge is -2.35. The van der Waals surface area contributed by atoms with Crippen molar-refractivity contribution in [1.29, 1.82) is 0 Å². The molecule has 0 radical (unpaired) electrons. The minimum absolute atomic E-state index is 0.0385. The standard InChI is InChI=1S/C16H16N2O3/c1-18-15(11-7-5-9-13(21-2)14(11)19)17-12-8-4-3-6-10(12)16(18)20/h3-9,15,17,19H,1-2H3/t15-/m0/s1. The number of hydrogen-bond acceptors (Lipinski definition) is 4.